The molecular formula is C28H29N5O3S. The lowest BCUT2D eigenvalue weighted by atomic mass is 9.79. The summed E-state index contributed by atoms with van der Waals surface area (Å²) in [6.45, 7) is 0.866. The van der Waals surface area contributed by atoms with Crippen LogP contribution in [0.15, 0.2) is 54.2 Å². The molecule has 0 unspecified atom stereocenters. The van der Waals surface area contributed by atoms with Gasteiger partial charge in [0.1, 0.15) is 16.1 Å². The number of nitrogens with zero attached hydrogens (tertiary/aromatic N) is 3. The lowest BCUT2D eigenvalue weighted by molar-refractivity contribution is -0.131. The number of rotatable bonds is 6. The number of benzene rings is 1. The maximum absolute atomic E-state index is 13.5. The van der Waals surface area contributed by atoms with Crippen LogP contribution in [-0.4, -0.2) is 46.1 Å². The summed E-state index contributed by atoms with van der Waals surface area (Å²) in [5, 5.41) is 18.7. The number of ether oxygens (including phenoxy) is 1. The summed E-state index contributed by atoms with van der Waals surface area (Å²) in [5.74, 6) is -0.568. The van der Waals surface area contributed by atoms with Gasteiger partial charge in [-0.25, -0.2) is 4.98 Å². The van der Waals surface area contributed by atoms with Crippen molar-refractivity contribution in [3.05, 3.63) is 59.7 Å². The highest BCUT2D eigenvalue weighted by atomic mass is 32.1. The zero-order valence-corrected chi connectivity index (χ0v) is 21.4. The quantitative estimate of drug-likeness (QED) is 0.499. The Morgan fingerprint density at radius 3 is 2.41 bits per heavy atom. The van der Waals surface area contributed by atoms with Crippen LogP contribution in [0.3, 0.4) is 0 Å². The van der Waals surface area contributed by atoms with Crippen LogP contribution >= 0.6 is 11.3 Å². The second-order valence-electron chi connectivity index (χ2n) is 9.71. The summed E-state index contributed by atoms with van der Waals surface area (Å²) in [4.78, 5) is 35.7. The van der Waals surface area contributed by atoms with Gasteiger partial charge in [-0.3, -0.25) is 14.6 Å². The molecule has 1 aliphatic carbocycles. The monoisotopic (exact) mass is 515 g/mol. The first-order chi connectivity index (χ1) is 18.0. The van der Waals surface area contributed by atoms with Crippen molar-refractivity contribution in [2.75, 3.05) is 13.2 Å². The number of hydrogen-bond acceptors (Lipinski definition) is 7. The second-order valence-corrected chi connectivity index (χ2v) is 10.6. The van der Waals surface area contributed by atoms with Crippen LogP contribution in [0.5, 0.6) is 0 Å². The molecule has 9 heteroatoms. The minimum atomic E-state index is -1.02. The molecule has 2 N–H and O–H groups in total. The standard InChI is InChI=1S/C28H29N5O3S/c29-19-27(12-15-36-16-13-27)33-26(35)28(10-2-1-3-11-28)32-24(34)21-8-6-20(7-9-21)23-18-37-25(31-23)22-5-4-14-30-17-22/h4-9,14,17-18H,1-3,10-13,15-16H2,(H,32,34)(H,33,35). The third-order valence-electron chi connectivity index (χ3n) is 7.26. The number of thiazole rings is 1. The van der Waals surface area contributed by atoms with E-state index < -0.39 is 11.1 Å². The molecule has 1 aromatic carbocycles. The molecule has 1 saturated carbocycles. The number of aromatic nitrogens is 2. The van der Waals surface area contributed by atoms with Gasteiger partial charge in [-0.05, 0) is 37.1 Å². The van der Waals surface area contributed by atoms with Gasteiger partial charge in [0.25, 0.3) is 5.91 Å². The maximum Gasteiger partial charge on any atom is 0.252 e. The average molecular weight is 516 g/mol. The Kier molecular flexibility index (Phi) is 7.31. The van der Waals surface area contributed by atoms with Crippen molar-refractivity contribution >= 4 is 23.2 Å². The summed E-state index contributed by atoms with van der Waals surface area (Å²) in [6, 6.07) is 13.4. The Labute approximate surface area is 220 Å². The molecule has 2 amide bonds. The van der Waals surface area contributed by atoms with Crippen LogP contribution in [0, 0.1) is 11.3 Å². The van der Waals surface area contributed by atoms with Crippen molar-refractivity contribution in [2.24, 2.45) is 0 Å². The SMILES string of the molecule is N#CC1(NC(=O)C2(NC(=O)c3ccc(-c4csc(-c5cccnc5)n4)cc3)CCCCC2)CCOCC1. The molecule has 0 spiro atoms. The smallest absolute Gasteiger partial charge is 0.252 e. The first-order valence-corrected chi connectivity index (χ1v) is 13.5. The molecule has 2 aromatic heterocycles. The van der Waals surface area contributed by atoms with Crippen molar-refractivity contribution in [3.63, 3.8) is 0 Å². The lowest BCUT2D eigenvalue weighted by Crippen LogP contribution is -2.64. The van der Waals surface area contributed by atoms with E-state index in [4.69, 9.17) is 9.72 Å². The Morgan fingerprint density at radius 2 is 1.73 bits per heavy atom. The minimum Gasteiger partial charge on any atom is -0.381 e. The van der Waals surface area contributed by atoms with Gasteiger partial charge in [-0.15, -0.1) is 11.3 Å². The fourth-order valence-electron chi connectivity index (χ4n) is 5.00. The molecule has 3 aromatic rings. The van der Waals surface area contributed by atoms with E-state index >= 15 is 0 Å². The predicted octanol–water partition coefficient (Wildman–Crippen LogP) is 4.49. The number of carbonyl (C=O) groups is 2. The fourth-order valence-corrected chi connectivity index (χ4v) is 5.82. The van der Waals surface area contributed by atoms with Gasteiger partial charge < -0.3 is 15.4 Å². The van der Waals surface area contributed by atoms with E-state index in [1.54, 1.807) is 35.9 Å². The normalized spacial score (nSPS) is 18.4. The van der Waals surface area contributed by atoms with E-state index in [2.05, 4.69) is 21.7 Å². The summed E-state index contributed by atoms with van der Waals surface area (Å²) in [5.41, 5.74) is 1.20. The van der Waals surface area contributed by atoms with Crippen LogP contribution in [0.25, 0.3) is 21.8 Å². The van der Waals surface area contributed by atoms with Gasteiger partial charge in [-0.2, -0.15) is 5.26 Å². The summed E-state index contributed by atoms with van der Waals surface area (Å²) < 4.78 is 5.39. The second kappa shape index (κ2) is 10.8. The molecular weight excluding hydrogens is 486 g/mol. The third-order valence-corrected chi connectivity index (χ3v) is 8.15. The molecule has 3 heterocycles. The highest BCUT2D eigenvalue weighted by Crippen LogP contribution is 2.32. The number of amides is 2. The lowest BCUT2D eigenvalue weighted by Gasteiger charge is -2.40. The molecule has 0 atom stereocenters. The summed E-state index contributed by atoms with van der Waals surface area (Å²) >= 11 is 1.54. The van der Waals surface area contributed by atoms with E-state index in [0.29, 0.717) is 44.5 Å². The molecule has 2 aliphatic rings. The molecule has 8 nitrogen and oxygen atoms in total. The van der Waals surface area contributed by atoms with Gasteiger partial charge >= 0.3 is 0 Å². The van der Waals surface area contributed by atoms with Crippen molar-refractivity contribution in [1.82, 2.24) is 20.6 Å². The van der Waals surface area contributed by atoms with Crippen LogP contribution in [0.4, 0.5) is 0 Å². The van der Waals surface area contributed by atoms with Crippen LogP contribution in [-0.2, 0) is 9.53 Å². The minimum absolute atomic E-state index is 0.272. The fraction of sp³-hybridized carbons (Fsp3) is 0.393. The molecule has 1 aliphatic heterocycles. The zero-order chi connectivity index (χ0) is 25.7. The van der Waals surface area contributed by atoms with Crippen molar-refractivity contribution in [1.29, 1.82) is 5.26 Å². The van der Waals surface area contributed by atoms with Gasteiger partial charge in [0.15, 0.2) is 0 Å². The van der Waals surface area contributed by atoms with Crippen molar-refractivity contribution in [3.8, 4) is 27.9 Å². The topological polar surface area (TPSA) is 117 Å². The molecule has 0 radical (unpaired) electrons. The first kappa shape index (κ1) is 25.1. The highest BCUT2D eigenvalue weighted by molar-refractivity contribution is 7.13. The number of nitrogens with one attached hydrogen (secondary N) is 2. The van der Waals surface area contributed by atoms with Crippen molar-refractivity contribution in [2.45, 2.75) is 56.0 Å². The molecule has 0 bridgehead atoms. The van der Waals surface area contributed by atoms with Crippen molar-refractivity contribution < 1.29 is 14.3 Å². The Hall–Kier alpha value is -3.61. The van der Waals surface area contributed by atoms with E-state index in [0.717, 1.165) is 41.1 Å². The third kappa shape index (κ3) is 5.41. The number of nitriles is 1. The zero-order valence-electron chi connectivity index (χ0n) is 20.5. The summed E-state index contributed by atoms with van der Waals surface area (Å²) in [6.07, 6.45) is 8.22. The van der Waals surface area contributed by atoms with Crippen LogP contribution < -0.4 is 10.6 Å². The Morgan fingerprint density at radius 1 is 0.973 bits per heavy atom. The van der Waals surface area contributed by atoms with E-state index in [-0.39, 0.29) is 11.8 Å². The molecule has 5 rings (SSSR count). The molecule has 2 fully saturated rings. The van der Waals surface area contributed by atoms with Crippen LogP contribution in [0.1, 0.15) is 55.3 Å². The van der Waals surface area contributed by atoms with E-state index in [1.807, 2.05) is 29.6 Å². The van der Waals surface area contributed by atoms with Gasteiger partial charge in [0.2, 0.25) is 5.91 Å². The highest BCUT2D eigenvalue weighted by Gasteiger charge is 2.45. The van der Waals surface area contributed by atoms with Gasteiger partial charge in [0.05, 0.1) is 11.8 Å². The number of hydrogen-bond donors (Lipinski definition) is 2. The Bertz CT molecular complexity index is 1290. The number of carbonyl (C=O) groups excluding carboxylic acids is 2. The average Bonchev–Trinajstić information content (AvgIpc) is 3.45. The first-order valence-electron chi connectivity index (χ1n) is 12.6. The largest absolute Gasteiger partial charge is 0.381 e. The van der Waals surface area contributed by atoms with E-state index in [1.165, 1.54) is 0 Å². The molecule has 37 heavy (non-hydrogen) atoms. The van der Waals surface area contributed by atoms with Gasteiger partial charge in [-0.1, -0.05) is 31.4 Å². The maximum atomic E-state index is 13.5. The molecule has 1 saturated heterocycles. The van der Waals surface area contributed by atoms with Gasteiger partial charge in [0, 0.05) is 60.5 Å². The predicted molar refractivity (Wildman–Crippen MR) is 141 cm³/mol. The Balaban J connectivity index is 1.31. The van der Waals surface area contributed by atoms with E-state index in [9.17, 15) is 14.9 Å². The molecule has 190 valence electrons. The number of pyridine rings is 1. The summed E-state index contributed by atoms with van der Waals surface area (Å²) in [7, 11) is 0. The van der Waals surface area contributed by atoms with Crippen LogP contribution in [0.2, 0.25) is 0 Å².